The Morgan fingerprint density at radius 2 is 1.86 bits per heavy atom. The van der Waals surface area contributed by atoms with Gasteiger partial charge in [0.2, 0.25) is 0 Å². The maximum Gasteiger partial charge on any atom is 0.435 e. The third kappa shape index (κ3) is 2.92. The van der Waals surface area contributed by atoms with E-state index in [0.29, 0.717) is 4.68 Å². The van der Waals surface area contributed by atoms with E-state index in [2.05, 4.69) is 5.10 Å². The predicted octanol–water partition coefficient (Wildman–Crippen LogP) is 3.56. The van der Waals surface area contributed by atoms with Crippen molar-refractivity contribution in [3.8, 4) is 0 Å². The molecule has 0 saturated heterocycles. The molecule has 126 valence electrons. The number of rotatable bonds is 3. The molecule has 1 aromatic rings. The molecule has 1 N–H and O–H groups in total. The van der Waals surface area contributed by atoms with Crippen molar-refractivity contribution in [2.24, 2.45) is 0 Å². The van der Waals surface area contributed by atoms with E-state index >= 15 is 0 Å². The molecular weight excluding hydrogens is 321 g/mol. The molecule has 10 heteroatoms. The van der Waals surface area contributed by atoms with Crippen molar-refractivity contribution >= 4 is 0 Å². The number of alkyl halides is 7. The van der Waals surface area contributed by atoms with Crippen molar-refractivity contribution in [1.29, 1.82) is 0 Å². The van der Waals surface area contributed by atoms with Crippen molar-refractivity contribution in [2.75, 3.05) is 0 Å². The quantitative estimate of drug-likeness (QED) is 0.859. The van der Waals surface area contributed by atoms with E-state index in [1.165, 1.54) is 0 Å². The summed E-state index contributed by atoms with van der Waals surface area (Å²) in [6, 6.07) is 0. The van der Waals surface area contributed by atoms with E-state index in [0.717, 1.165) is 6.92 Å². The van der Waals surface area contributed by atoms with Crippen LogP contribution in [0.25, 0.3) is 0 Å². The number of hydrogen-bond acceptors (Lipinski definition) is 2. The van der Waals surface area contributed by atoms with Crippen LogP contribution in [0.15, 0.2) is 0 Å². The van der Waals surface area contributed by atoms with Crippen LogP contribution in [-0.4, -0.2) is 26.7 Å². The first-order valence-corrected chi connectivity index (χ1v) is 6.49. The number of hydrogen-bond donors (Lipinski definition) is 1. The van der Waals surface area contributed by atoms with E-state index in [1.54, 1.807) is 0 Å². The van der Waals surface area contributed by atoms with Crippen LogP contribution in [0.5, 0.6) is 0 Å². The lowest BCUT2D eigenvalue weighted by atomic mass is 9.89. The van der Waals surface area contributed by atoms with Gasteiger partial charge in [-0.25, -0.2) is 17.6 Å². The normalized spacial score (nSPS) is 21.8. The highest BCUT2D eigenvalue weighted by molar-refractivity contribution is 5.35. The second kappa shape index (κ2) is 5.10. The minimum absolute atomic E-state index is 0.389. The topological polar surface area (TPSA) is 38.0 Å². The molecule has 0 spiro atoms. The van der Waals surface area contributed by atoms with Gasteiger partial charge in [0.05, 0.1) is 0 Å². The molecule has 1 atom stereocenters. The molecule has 0 bridgehead atoms. The average Bonchev–Trinajstić information content (AvgIpc) is 2.73. The maximum atomic E-state index is 13.5. The number of nitrogens with zero attached hydrogens (tertiary/aromatic N) is 2. The van der Waals surface area contributed by atoms with E-state index in [-0.39, 0.29) is 0 Å². The van der Waals surface area contributed by atoms with E-state index in [9.17, 15) is 35.8 Å². The highest BCUT2D eigenvalue weighted by Crippen LogP contribution is 2.46. The fourth-order valence-corrected chi connectivity index (χ4v) is 2.37. The van der Waals surface area contributed by atoms with Crippen LogP contribution in [-0.2, 0) is 19.1 Å². The van der Waals surface area contributed by atoms with E-state index in [4.69, 9.17) is 0 Å². The Bertz CT molecular complexity index is 565. The molecule has 2 rings (SSSR count). The second-order valence-electron chi connectivity index (χ2n) is 5.24. The minimum Gasteiger partial charge on any atom is -0.382 e. The Kier molecular flexibility index (Phi) is 3.95. The zero-order chi connectivity index (χ0) is 16.9. The summed E-state index contributed by atoms with van der Waals surface area (Å²) in [5.74, 6) is -7.08. The Morgan fingerprint density at radius 1 is 1.27 bits per heavy atom. The van der Waals surface area contributed by atoms with Crippen LogP contribution >= 0.6 is 0 Å². The number of halogens is 7. The monoisotopic (exact) mass is 334 g/mol. The lowest BCUT2D eigenvalue weighted by Crippen LogP contribution is -2.34. The molecule has 0 amide bonds. The largest absolute Gasteiger partial charge is 0.435 e. The number of aromatic nitrogens is 2. The van der Waals surface area contributed by atoms with Gasteiger partial charge in [0, 0.05) is 24.1 Å². The van der Waals surface area contributed by atoms with Crippen LogP contribution in [0.1, 0.15) is 42.8 Å². The average molecular weight is 334 g/mol. The number of aliphatic hydroxyl groups excluding tert-OH is 1. The predicted molar refractivity (Wildman–Crippen MR) is 60.7 cm³/mol. The summed E-state index contributed by atoms with van der Waals surface area (Å²) in [6.45, 7) is -0.0101. The minimum atomic E-state index is -5.12. The zero-order valence-corrected chi connectivity index (χ0v) is 11.4. The Hall–Kier alpha value is -1.32. The summed E-state index contributed by atoms with van der Waals surface area (Å²) in [5, 5.41) is 12.5. The Labute approximate surface area is 120 Å². The third-order valence-corrected chi connectivity index (χ3v) is 3.63. The standard InChI is InChI=1S/C12H13F7N2O/c1-2-10(13,14)5-21-6-3-4-11(15,16)9(22)7(6)8(20-21)12(17,18)19/h9,22H,2-5H2,1H3. The van der Waals surface area contributed by atoms with Gasteiger partial charge >= 0.3 is 6.18 Å². The maximum absolute atomic E-state index is 13.5. The molecule has 22 heavy (non-hydrogen) atoms. The lowest BCUT2D eigenvalue weighted by Gasteiger charge is -2.29. The van der Waals surface area contributed by atoms with Crippen molar-refractivity contribution in [3.63, 3.8) is 0 Å². The van der Waals surface area contributed by atoms with Crippen LogP contribution in [0, 0.1) is 0 Å². The second-order valence-corrected chi connectivity index (χ2v) is 5.24. The molecule has 1 aromatic heterocycles. The van der Waals surface area contributed by atoms with Gasteiger partial charge in [-0.1, -0.05) is 6.92 Å². The summed E-state index contributed by atoms with van der Waals surface area (Å²) in [7, 11) is 0. The van der Waals surface area contributed by atoms with Gasteiger partial charge in [0.1, 0.15) is 12.6 Å². The summed E-state index contributed by atoms with van der Waals surface area (Å²) < 4.78 is 92.9. The van der Waals surface area contributed by atoms with Crippen LogP contribution in [0.2, 0.25) is 0 Å². The van der Waals surface area contributed by atoms with Gasteiger partial charge in [0.15, 0.2) is 5.69 Å². The number of fused-ring (bicyclic) bond motifs is 1. The first-order chi connectivity index (χ1) is 9.89. The van der Waals surface area contributed by atoms with Gasteiger partial charge < -0.3 is 5.11 Å². The smallest absolute Gasteiger partial charge is 0.382 e. The van der Waals surface area contributed by atoms with Gasteiger partial charge in [-0.2, -0.15) is 18.3 Å². The van der Waals surface area contributed by atoms with Gasteiger partial charge in [-0.3, -0.25) is 4.68 Å². The summed E-state index contributed by atoms with van der Waals surface area (Å²) in [6.07, 6.45) is -9.96. The molecule has 1 unspecified atom stereocenters. The summed E-state index contributed by atoms with van der Waals surface area (Å²) >= 11 is 0. The molecule has 3 nitrogen and oxygen atoms in total. The van der Waals surface area contributed by atoms with Gasteiger partial charge in [-0.15, -0.1) is 0 Å². The van der Waals surface area contributed by atoms with Crippen molar-refractivity contribution in [3.05, 3.63) is 17.0 Å². The van der Waals surface area contributed by atoms with E-state index < -0.39 is 66.9 Å². The number of aliphatic hydroxyl groups is 1. The van der Waals surface area contributed by atoms with Gasteiger partial charge in [0.25, 0.3) is 11.8 Å². The lowest BCUT2D eigenvalue weighted by molar-refractivity contribution is -0.150. The van der Waals surface area contributed by atoms with Crippen molar-refractivity contribution in [2.45, 2.75) is 56.9 Å². The fourth-order valence-electron chi connectivity index (χ4n) is 2.37. The first-order valence-electron chi connectivity index (χ1n) is 6.49. The third-order valence-electron chi connectivity index (χ3n) is 3.63. The Morgan fingerprint density at radius 3 is 2.36 bits per heavy atom. The zero-order valence-electron chi connectivity index (χ0n) is 11.4. The highest BCUT2D eigenvalue weighted by atomic mass is 19.4. The first kappa shape index (κ1) is 17.0. The molecule has 1 heterocycles. The highest BCUT2D eigenvalue weighted by Gasteiger charge is 2.51. The molecule has 0 aromatic carbocycles. The van der Waals surface area contributed by atoms with E-state index in [1.807, 2.05) is 0 Å². The molecule has 0 radical (unpaired) electrons. The molecule has 0 aliphatic heterocycles. The molecular formula is C12H13F7N2O. The molecule has 1 aliphatic rings. The van der Waals surface area contributed by atoms with Crippen molar-refractivity contribution < 1.29 is 35.8 Å². The Balaban J connectivity index is 2.57. The van der Waals surface area contributed by atoms with Gasteiger partial charge in [-0.05, 0) is 6.42 Å². The van der Waals surface area contributed by atoms with Crippen LogP contribution in [0.3, 0.4) is 0 Å². The SMILES string of the molecule is CCC(F)(F)Cn1nc(C(F)(F)F)c2c1CCC(F)(F)C2O. The summed E-state index contributed by atoms with van der Waals surface area (Å²) in [4.78, 5) is 0. The van der Waals surface area contributed by atoms with Crippen LogP contribution < -0.4 is 0 Å². The van der Waals surface area contributed by atoms with Crippen LogP contribution in [0.4, 0.5) is 30.7 Å². The van der Waals surface area contributed by atoms with Crippen molar-refractivity contribution in [1.82, 2.24) is 9.78 Å². The molecule has 1 aliphatic carbocycles. The molecule has 0 saturated carbocycles. The fraction of sp³-hybridized carbons (Fsp3) is 0.750. The summed E-state index contributed by atoms with van der Waals surface area (Å²) in [5.41, 5.74) is -3.25. The molecule has 0 fully saturated rings.